The van der Waals surface area contributed by atoms with Crippen LogP contribution in [0.2, 0.25) is 0 Å². The monoisotopic (exact) mass is 302 g/mol. The van der Waals surface area contributed by atoms with Gasteiger partial charge in [-0.3, -0.25) is 4.79 Å². The van der Waals surface area contributed by atoms with Gasteiger partial charge in [0.1, 0.15) is 0 Å². The fraction of sp³-hybridized carbons (Fsp3) is 0.933. The first-order valence-corrected chi connectivity index (χ1v) is 7.90. The van der Waals surface area contributed by atoms with Crippen LogP contribution >= 0.6 is 12.4 Å². The van der Waals surface area contributed by atoms with Gasteiger partial charge in [0.05, 0.1) is 12.1 Å². The molecule has 2 saturated heterocycles. The van der Waals surface area contributed by atoms with Gasteiger partial charge in [0.2, 0.25) is 5.91 Å². The molecule has 0 radical (unpaired) electrons. The van der Waals surface area contributed by atoms with Crippen molar-refractivity contribution >= 4 is 18.3 Å². The molecule has 2 heterocycles. The van der Waals surface area contributed by atoms with Crippen molar-refractivity contribution < 1.29 is 9.53 Å². The Labute approximate surface area is 127 Å². The molecule has 1 aliphatic carbocycles. The lowest BCUT2D eigenvalue weighted by Crippen LogP contribution is -2.49. The van der Waals surface area contributed by atoms with E-state index in [0.717, 1.165) is 31.8 Å². The lowest BCUT2D eigenvalue weighted by molar-refractivity contribution is -0.124. The summed E-state index contributed by atoms with van der Waals surface area (Å²) in [5.74, 6) is 0.951. The number of amides is 1. The summed E-state index contributed by atoms with van der Waals surface area (Å²) in [5.41, 5.74) is 0. The van der Waals surface area contributed by atoms with Crippen LogP contribution in [-0.2, 0) is 9.53 Å². The Morgan fingerprint density at radius 1 is 1.20 bits per heavy atom. The molecular formula is C15H27ClN2O2. The largest absolute Gasteiger partial charge is 0.378 e. The molecule has 2 N–H and O–H groups in total. The van der Waals surface area contributed by atoms with E-state index in [1.807, 2.05) is 0 Å². The zero-order valence-corrected chi connectivity index (χ0v) is 13.1. The predicted octanol–water partition coefficient (Wildman–Crippen LogP) is 2.01. The van der Waals surface area contributed by atoms with Crippen molar-refractivity contribution in [2.45, 2.75) is 76.1 Å². The van der Waals surface area contributed by atoms with Crippen molar-refractivity contribution in [3.05, 3.63) is 0 Å². The Morgan fingerprint density at radius 3 is 2.75 bits per heavy atom. The minimum absolute atomic E-state index is 0. The highest BCUT2D eigenvalue weighted by Gasteiger charge is 2.38. The van der Waals surface area contributed by atoms with Crippen LogP contribution < -0.4 is 10.6 Å². The molecule has 1 amide bonds. The van der Waals surface area contributed by atoms with E-state index in [9.17, 15) is 4.79 Å². The molecule has 5 heteroatoms. The van der Waals surface area contributed by atoms with Crippen molar-refractivity contribution in [1.29, 1.82) is 0 Å². The van der Waals surface area contributed by atoms with E-state index in [4.69, 9.17) is 4.74 Å². The van der Waals surface area contributed by atoms with Gasteiger partial charge in [0.15, 0.2) is 0 Å². The number of hydrogen-bond acceptors (Lipinski definition) is 3. The summed E-state index contributed by atoms with van der Waals surface area (Å²) in [5, 5.41) is 6.77. The molecule has 20 heavy (non-hydrogen) atoms. The van der Waals surface area contributed by atoms with Crippen LogP contribution in [-0.4, -0.2) is 36.7 Å². The first-order chi connectivity index (χ1) is 9.22. The normalized spacial score (nSPS) is 40.5. The number of carbonyl (C=O) groups is 1. The second-order valence-corrected chi connectivity index (χ2v) is 6.52. The summed E-state index contributed by atoms with van der Waals surface area (Å²) in [6.45, 7) is 2.86. The highest BCUT2D eigenvalue weighted by Crippen LogP contribution is 2.33. The molecule has 3 rings (SSSR count). The fourth-order valence-electron chi connectivity index (χ4n) is 3.95. The van der Waals surface area contributed by atoms with Crippen molar-refractivity contribution in [1.82, 2.24) is 10.6 Å². The maximum atomic E-state index is 12.3. The highest BCUT2D eigenvalue weighted by atomic mass is 35.5. The summed E-state index contributed by atoms with van der Waals surface area (Å²) < 4.78 is 5.53. The molecule has 0 aromatic carbocycles. The van der Waals surface area contributed by atoms with Gasteiger partial charge in [-0.15, -0.1) is 12.4 Å². The first-order valence-electron chi connectivity index (χ1n) is 7.90. The minimum atomic E-state index is 0. The van der Waals surface area contributed by atoms with Crippen LogP contribution in [0.25, 0.3) is 0 Å². The molecule has 116 valence electrons. The van der Waals surface area contributed by atoms with Gasteiger partial charge in [0.25, 0.3) is 0 Å². The van der Waals surface area contributed by atoms with E-state index in [1.165, 1.54) is 25.7 Å². The van der Waals surface area contributed by atoms with Gasteiger partial charge in [0, 0.05) is 18.7 Å². The first kappa shape index (κ1) is 16.1. The van der Waals surface area contributed by atoms with Crippen LogP contribution in [0.1, 0.15) is 51.9 Å². The van der Waals surface area contributed by atoms with Crippen molar-refractivity contribution in [3.8, 4) is 0 Å². The molecule has 0 aromatic rings. The summed E-state index contributed by atoms with van der Waals surface area (Å²) in [7, 11) is 0. The Hall–Kier alpha value is -0.320. The number of halogens is 1. The molecule has 3 aliphatic rings. The summed E-state index contributed by atoms with van der Waals surface area (Å²) in [6.07, 6.45) is 8.43. The molecule has 0 spiro atoms. The Bertz CT molecular complexity index is 326. The zero-order chi connectivity index (χ0) is 13.2. The lowest BCUT2D eigenvalue weighted by atomic mass is 9.85. The second-order valence-electron chi connectivity index (χ2n) is 6.52. The van der Waals surface area contributed by atoms with Crippen molar-refractivity contribution in [3.63, 3.8) is 0 Å². The van der Waals surface area contributed by atoms with E-state index in [2.05, 4.69) is 17.6 Å². The zero-order valence-electron chi connectivity index (χ0n) is 12.3. The third-order valence-electron chi connectivity index (χ3n) is 5.01. The van der Waals surface area contributed by atoms with Gasteiger partial charge in [-0.25, -0.2) is 0 Å². The molecule has 4 nitrogen and oxygen atoms in total. The van der Waals surface area contributed by atoms with Crippen molar-refractivity contribution in [2.75, 3.05) is 6.61 Å². The number of rotatable bonds is 2. The quantitative estimate of drug-likeness (QED) is 0.820. The third-order valence-corrected chi connectivity index (χ3v) is 5.01. The average molecular weight is 303 g/mol. The van der Waals surface area contributed by atoms with E-state index < -0.39 is 0 Å². The third kappa shape index (κ3) is 3.66. The van der Waals surface area contributed by atoms with Crippen LogP contribution in [0, 0.1) is 5.92 Å². The molecule has 1 saturated carbocycles. The SMILES string of the molecule is CC1CC(NC(=O)C2CC3CCCCC3N2)CCO1.Cl. The highest BCUT2D eigenvalue weighted by molar-refractivity contribution is 5.85. The van der Waals surface area contributed by atoms with Crippen LogP contribution in [0.3, 0.4) is 0 Å². The lowest BCUT2D eigenvalue weighted by Gasteiger charge is -2.29. The summed E-state index contributed by atoms with van der Waals surface area (Å²) in [4.78, 5) is 12.3. The number of nitrogens with one attached hydrogen (secondary N) is 2. The molecule has 5 unspecified atom stereocenters. The number of fused-ring (bicyclic) bond motifs is 1. The smallest absolute Gasteiger partial charge is 0.237 e. The van der Waals surface area contributed by atoms with Gasteiger partial charge in [-0.1, -0.05) is 12.8 Å². The topological polar surface area (TPSA) is 50.4 Å². The molecular weight excluding hydrogens is 276 g/mol. The number of hydrogen-bond donors (Lipinski definition) is 2. The van der Waals surface area contributed by atoms with E-state index in [-0.39, 0.29) is 30.5 Å². The van der Waals surface area contributed by atoms with E-state index in [0.29, 0.717) is 12.1 Å². The van der Waals surface area contributed by atoms with Gasteiger partial charge >= 0.3 is 0 Å². The van der Waals surface area contributed by atoms with Gasteiger partial charge < -0.3 is 15.4 Å². The van der Waals surface area contributed by atoms with Crippen molar-refractivity contribution in [2.24, 2.45) is 5.92 Å². The minimum Gasteiger partial charge on any atom is -0.378 e. The van der Waals surface area contributed by atoms with Crippen LogP contribution in [0.5, 0.6) is 0 Å². The molecule has 0 aromatic heterocycles. The van der Waals surface area contributed by atoms with Crippen LogP contribution in [0.4, 0.5) is 0 Å². The van der Waals surface area contributed by atoms with Gasteiger partial charge in [-0.2, -0.15) is 0 Å². The number of ether oxygens (including phenoxy) is 1. The molecule has 0 bridgehead atoms. The second kappa shape index (κ2) is 7.10. The van der Waals surface area contributed by atoms with E-state index in [1.54, 1.807) is 0 Å². The fourth-order valence-corrected chi connectivity index (χ4v) is 3.95. The van der Waals surface area contributed by atoms with Gasteiger partial charge in [-0.05, 0) is 44.9 Å². The molecule has 2 aliphatic heterocycles. The maximum Gasteiger partial charge on any atom is 0.237 e. The maximum absolute atomic E-state index is 12.3. The summed E-state index contributed by atoms with van der Waals surface area (Å²) in [6, 6.07) is 0.949. The van der Waals surface area contributed by atoms with E-state index >= 15 is 0 Å². The Balaban J connectivity index is 0.00000147. The number of carbonyl (C=O) groups excluding carboxylic acids is 1. The molecule has 3 fully saturated rings. The predicted molar refractivity (Wildman–Crippen MR) is 81.1 cm³/mol. The average Bonchev–Trinajstić information content (AvgIpc) is 2.82. The summed E-state index contributed by atoms with van der Waals surface area (Å²) >= 11 is 0. The Kier molecular flexibility index (Phi) is 5.70. The van der Waals surface area contributed by atoms with Crippen LogP contribution in [0.15, 0.2) is 0 Å². The standard InChI is InChI=1S/C15H26N2O2.ClH/c1-10-8-12(6-7-19-10)16-15(18)14-9-11-4-2-3-5-13(11)17-14;/h10-14,17H,2-9H2,1H3,(H,16,18);1H. The molecule has 5 atom stereocenters. The Morgan fingerprint density at radius 2 is 2.00 bits per heavy atom.